The zero-order valence-corrected chi connectivity index (χ0v) is 11.3. The number of rotatable bonds is 7. The third-order valence-electron chi connectivity index (χ3n) is 2.04. The average Bonchev–Trinajstić information content (AvgIpc) is 2.75. The molecule has 0 aliphatic carbocycles. The van der Waals surface area contributed by atoms with E-state index >= 15 is 0 Å². The summed E-state index contributed by atoms with van der Waals surface area (Å²) < 4.78 is 73.1. The number of sulfonamides is 1. The average molecular weight is 335 g/mol. The molecule has 0 atom stereocenters. The first-order valence-corrected chi connectivity index (χ1v) is 7.31. The molecule has 0 aromatic carbocycles. The Kier molecular flexibility index (Phi) is 5.10. The minimum Gasteiger partial charge on any atom is -0.481 e. The molecule has 0 aliphatic heterocycles. The van der Waals surface area contributed by atoms with E-state index in [1.54, 1.807) is 0 Å². The smallest absolute Gasteiger partial charge is 0.320 e. The Morgan fingerprint density at radius 1 is 1.40 bits per heavy atom. The van der Waals surface area contributed by atoms with Crippen molar-refractivity contribution in [2.24, 2.45) is 0 Å². The predicted octanol–water partition coefficient (Wildman–Crippen LogP) is 1.55. The van der Waals surface area contributed by atoms with Crippen molar-refractivity contribution in [3.8, 4) is 0 Å². The molecule has 11 heteroatoms. The number of halogens is 4. The molecule has 1 rings (SSSR count). The van der Waals surface area contributed by atoms with Crippen LogP contribution in [0.1, 0.15) is 4.88 Å². The zero-order valence-electron chi connectivity index (χ0n) is 9.65. The van der Waals surface area contributed by atoms with Gasteiger partial charge in [0, 0.05) is 4.88 Å². The maximum absolute atomic E-state index is 12.6. The van der Waals surface area contributed by atoms with Crippen molar-refractivity contribution in [2.45, 2.75) is 23.0 Å². The first kappa shape index (κ1) is 16.9. The van der Waals surface area contributed by atoms with Gasteiger partial charge in [0.2, 0.25) is 10.0 Å². The molecule has 0 aliphatic rings. The van der Waals surface area contributed by atoms with E-state index < -0.39 is 45.5 Å². The van der Waals surface area contributed by atoms with Crippen molar-refractivity contribution in [1.29, 1.82) is 0 Å². The van der Waals surface area contributed by atoms with Crippen LogP contribution in [0, 0.1) is 0 Å². The highest BCUT2D eigenvalue weighted by Gasteiger charge is 2.41. The van der Waals surface area contributed by atoms with Gasteiger partial charge >= 0.3 is 18.3 Å². The van der Waals surface area contributed by atoms with Crippen LogP contribution in [0.25, 0.3) is 0 Å². The summed E-state index contributed by atoms with van der Waals surface area (Å²) in [4.78, 5) is 10.6. The number of hydrogen-bond donors (Lipinski definition) is 2. The fraction of sp³-hybridized carbons (Fsp3) is 0.444. The number of carboxylic acid groups (broad SMARTS) is 1. The summed E-state index contributed by atoms with van der Waals surface area (Å²) in [5, 5.41) is 8.51. The van der Waals surface area contributed by atoms with Crippen molar-refractivity contribution in [3.05, 3.63) is 17.0 Å². The van der Waals surface area contributed by atoms with E-state index in [1.165, 1.54) is 10.8 Å². The molecule has 114 valence electrons. The lowest BCUT2D eigenvalue weighted by Gasteiger charge is -2.15. The molecule has 1 aromatic heterocycles. The third kappa shape index (κ3) is 4.42. The van der Waals surface area contributed by atoms with Gasteiger partial charge in [0.15, 0.2) is 0 Å². The lowest BCUT2D eigenvalue weighted by molar-refractivity contribution is -0.136. The summed E-state index contributed by atoms with van der Waals surface area (Å²) in [6.07, 6.45) is -4.41. The molecular weight excluding hydrogens is 326 g/mol. The first-order chi connectivity index (χ1) is 9.04. The van der Waals surface area contributed by atoms with Crippen LogP contribution in [0.15, 0.2) is 16.3 Å². The highest BCUT2D eigenvalue weighted by molar-refractivity contribution is 7.91. The molecule has 0 fully saturated rings. The molecule has 0 bridgehead atoms. The second kappa shape index (κ2) is 6.06. The molecule has 0 radical (unpaired) electrons. The Bertz CT molecular complexity index is 585. The van der Waals surface area contributed by atoms with E-state index in [4.69, 9.17) is 5.11 Å². The molecule has 0 saturated carbocycles. The molecule has 0 saturated heterocycles. The minimum atomic E-state index is -4.48. The van der Waals surface area contributed by atoms with Crippen molar-refractivity contribution in [1.82, 2.24) is 4.72 Å². The van der Waals surface area contributed by atoms with E-state index in [1.807, 2.05) is 0 Å². The molecule has 0 amide bonds. The molecule has 2 N–H and O–H groups in total. The van der Waals surface area contributed by atoms with Gasteiger partial charge in [-0.2, -0.15) is 8.78 Å². The highest BCUT2D eigenvalue weighted by atomic mass is 32.2. The van der Waals surface area contributed by atoms with Crippen LogP contribution in [0.3, 0.4) is 0 Å². The lowest BCUT2D eigenvalue weighted by atomic mass is 10.3. The molecule has 1 aromatic rings. The highest BCUT2D eigenvalue weighted by Crippen LogP contribution is 2.25. The van der Waals surface area contributed by atoms with Crippen LogP contribution in [0.5, 0.6) is 0 Å². The van der Waals surface area contributed by atoms with Crippen LogP contribution in [0.4, 0.5) is 17.6 Å². The summed E-state index contributed by atoms with van der Waals surface area (Å²) in [6, 6.07) is 2.23. The van der Waals surface area contributed by atoms with Gasteiger partial charge in [0.25, 0.3) is 0 Å². The van der Waals surface area contributed by atoms with Gasteiger partial charge in [0.05, 0.1) is 13.0 Å². The Morgan fingerprint density at radius 2 is 2.00 bits per heavy atom. The monoisotopic (exact) mass is 335 g/mol. The zero-order chi connectivity index (χ0) is 15.6. The largest absolute Gasteiger partial charge is 0.481 e. The second-order valence-corrected chi connectivity index (χ2v) is 6.84. The Labute approximate surface area is 115 Å². The van der Waals surface area contributed by atoms with Crippen molar-refractivity contribution in [3.63, 3.8) is 0 Å². The van der Waals surface area contributed by atoms with Gasteiger partial charge in [-0.3, -0.25) is 4.79 Å². The van der Waals surface area contributed by atoms with Gasteiger partial charge in [0.1, 0.15) is 4.21 Å². The summed E-state index contributed by atoms with van der Waals surface area (Å²) in [7, 11) is -4.38. The quantitative estimate of drug-likeness (QED) is 0.741. The number of carboxylic acids is 1. The second-order valence-electron chi connectivity index (χ2n) is 3.68. The van der Waals surface area contributed by atoms with Crippen LogP contribution in [-0.4, -0.2) is 38.4 Å². The maximum atomic E-state index is 12.6. The van der Waals surface area contributed by atoms with E-state index in [0.717, 1.165) is 6.07 Å². The van der Waals surface area contributed by atoms with Gasteiger partial charge in [-0.25, -0.2) is 21.9 Å². The van der Waals surface area contributed by atoms with Crippen LogP contribution in [-0.2, 0) is 21.2 Å². The number of alkyl halides is 4. The van der Waals surface area contributed by atoms with Crippen molar-refractivity contribution < 1.29 is 35.9 Å². The Hall–Kier alpha value is -1.20. The molecule has 20 heavy (non-hydrogen) atoms. The van der Waals surface area contributed by atoms with Gasteiger partial charge in [-0.05, 0) is 12.1 Å². The summed E-state index contributed by atoms with van der Waals surface area (Å²) in [5.74, 6) is -5.66. The SMILES string of the molecule is O=C(O)Cc1ccc(S(=O)(=O)NCC(F)(F)C(F)F)s1. The number of nitrogens with one attached hydrogen (secondary N) is 1. The van der Waals surface area contributed by atoms with Crippen molar-refractivity contribution >= 4 is 27.3 Å². The summed E-state index contributed by atoms with van der Waals surface area (Å²) >= 11 is 0.563. The predicted molar refractivity (Wildman–Crippen MR) is 61.8 cm³/mol. The number of aliphatic carboxylic acids is 1. The minimum absolute atomic E-state index is 0.193. The maximum Gasteiger partial charge on any atom is 0.320 e. The number of hydrogen-bond acceptors (Lipinski definition) is 4. The normalized spacial score (nSPS) is 12.8. The number of thiophene rings is 1. The molecule has 1 heterocycles. The van der Waals surface area contributed by atoms with Gasteiger partial charge in [-0.1, -0.05) is 0 Å². The summed E-state index contributed by atoms with van der Waals surface area (Å²) in [6.45, 7) is -1.74. The first-order valence-electron chi connectivity index (χ1n) is 5.01. The Balaban J connectivity index is 2.79. The fourth-order valence-electron chi connectivity index (χ4n) is 1.09. The van der Waals surface area contributed by atoms with E-state index in [2.05, 4.69) is 0 Å². The van der Waals surface area contributed by atoms with Gasteiger partial charge in [-0.15, -0.1) is 11.3 Å². The molecule has 5 nitrogen and oxygen atoms in total. The van der Waals surface area contributed by atoms with Crippen LogP contribution in [0.2, 0.25) is 0 Å². The summed E-state index contributed by atoms with van der Waals surface area (Å²) in [5.41, 5.74) is 0. The standard InChI is InChI=1S/C9H9F4NO4S2/c10-8(11)9(12,13)4-14-20(17,18)7-2-1-5(19-7)3-6(15)16/h1-2,8,14H,3-4H2,(H,15,16). The van der Waals surface area contributed by atoms with Crippen LogP contribution >= 0.6 is 11.3 Å². The lowest BCUT2D eigenvalue weighted by Crippen LogP contribution is -2.41. The topological polar surface area (TPSA) is 83.5 Å². The van der Waals surface area contributed by atoms with E-state index in [-0.39, 0.29) is 4.88 Å². The van der Waals surface area contributed by atoms with E-state index in [9.17, 15) is 30.8 Å². The molecular formula is C9H9F4NO4S2. The van der Waals surface area contributed by atoms with Crippen LogP contribution < -0.4 is 4.72 Å². The third-order valence-corrected chi connectivity index (χ3v) is 5.02. The molecule has 0 unspecified atom stereocenters. The number of carbonyl (C=O) groups is 1. The fourth-order valence-corrected chi connectivity index (χ4v) is 3.52. The Morgan fingerprint density at radius 3 is 2.50 bits per heavy atom. The molecule has 0 spiro atoms. The van der Waals surface area contributed by atoms with Crippen molar-refractivity contribution in [2.75, 3.05) is 6.54 Å². The van der Waals surface area contributed by atoms with Gasteiger partial charge < -0.3 is 5.11 Å². The van der Waals surface area contributed by atoms with E-state index in [0.29, 0.717) is 11.3 Å².